The van der Waals surface area contributed by atoms with Gasteiger partial charge in [-0.15, -0.1) is 0 Å². The van der Waals surface area contributed by atoms with Crippen LogP contribution in [-0.2, 0) is 4.79 Å². The van der Waals surface area contributed by atoms with Crippen LogP contribution in [0.3, 0.4) is 0 Å². The number of primary amides is 1. The molecule has 0 aromatic rings. The molecule has 0 spiro atoms. The predicted octanol–water partition coefficient (Wildman–Crippen LogP) is 0.947. The number of hydrogen-bond acceptors (Lipinski definition) is 3. The van der Waals surface area contributed by atoms with Gasteiger partial charge in [0.2, 0.25) is 5.91 Å². The predicted molar refractivity (Wildman–Crippen MR) is 70.4 cm³/mol. The van der Waals surface area contributed by atoms with E-state index < -0.39 is 5.54 Å². The lowest BCUT2D eigenvalue weighted by molar-refractivity contribution is -0.124. The van der Waals surface area contributed by atoms with E-state index in [1.165, 1.54) is 0 Å². The Kier molecular flexibility index (Phi) is 4.95. The van der Waals surface area contributed by atoms with Gasteiger partial charge in [0, 0.05) is 6.54 Å². The van der Waals surface area contributed by atoms with Gasteiger partial charge < -0.3 is 16.4 Å². The molecule has 0 aromatic heterocycles. The minimum atomic E-state index is -0.751. The smallest absolute Gasteiger partial charge is 0.237 e. The van der Waals surface area contributed by atoms with Crippen molar-refractivity contribution in [2.75, 3.05) is 20.1 Å². The summed E-state index contributed by atoms with van der Waals surface area (Å²) in [6, 6.07) is 0. The number of carbonyl (C=O) groups excluding carboxylic acids is 1. The molecule has 4 nitrogen and oxygen atoms in total. The minimum Gasteiger partial charge on any atom is -0.368 e. The largest absolute Gasteiger partial charge is 0.368 e. The summed E-state index contributed by atoms with van der Waals surface area (Å²) in [6.07, 6.45) is 3.79. The van der Waals surface area contributed by atoms with Gasteiger partial charge in [-0.05, 0) is 44.7 Å². The highest BCUT2D eigenvalue weighted by molar-refractivity contribution is 5.85. The molecular formula is C13H27N3O. The van der Waals surface area contributed by atoms with E-state index in [1.807, 2.05) is 0 Å². The summed E-state index contributed by atoms with van der Waals surface area (Å²) in [6.45, 7) is 6.50. The average molecular weight is 241 g/mol. The highest BCUT2D eigenvalue weighted by atomic mass is 16.1. The number of rotatable bonds is 6. The Morgan fingerprint density at radius 1 is 1.53 bits per heavy atom. The molecule has 0 radical (unpaired) electrons. The van der Waals surface area contributed by atoms with Crippen LogP contribution in [0, 0.1) is 11.8 Å². The maximum Gasteiger partial charge on any atom is 0.237 e. The molecule has 0 aromatic carbocycles. The SMILES string of the molecule is CC(C)CN(C)CCC1CCCC1(N)C(N)=O. The molecule has 2 unspecified atom stereocenters. The Bertz CT molecular complexity index is 267. The van der Waals surface area contributed by atoms with Gasteiger partial charge >= 0.3 is 0 Å². The fourth-order valence-electron chi connectivity index (χ4n) is 2.92. The van der Waals surface area contributed by atoms with Crippen LogP contribution in [0.1, 0.15) is 39.5 Å². The summed E-state index contributed by atoms with van der Waals surface area (Å²) in [5, 5.41) is 0. The van der Waals surface area contributed by atoms with E-state index in [-0.39, 0.29) is 11.8 Å². The van der Waals surface area contributed by atoms with Crippen molar-refractivity contribution < 1.29 is 4.79 Å². The lowest BCUT2D eigenvalue weighted by Crippen LogP contribution is -2.55. The molecule has 4 heteroatoms. The zero-order chi connectivity index (χ0) is 13.1. The lowest BCUT2D eigenvalue weighted by atomic mass is 9.85. The van der Waals surface area contributed by atoms with Crippen molar-refractivity contribution in [3.05, 3.63) is 0 Å². The maximum absolute atomic E-state index is 11.4. The molecule has 1 amide bonds. The van der Waals surface area contributed by atoms with Crippen LogP contribution in [0.4, 0.5) is 0 Å². The van der Waals surface area contributed by atoms with Gasteiger partial charge in [0.25, 0.3) is 0 Å². The van der Waals surface area contributed by atoms with Gasteiger partial charge in [-0.1, -0.05) is 20.3 Å². The second-order valence-electron chi connectivity index (χ2n) is 5.94. The van der Waals surface area contributed by atoms with Crippen molar-refractivity contribution in [2.45, 2.75) is 45.1 Å². The van der Waals surface area contributed by atoms with Gasteiger partial charge in [-0.2, -0.15) is 0 Å². The highest BCUT2D eigenvalue weighted by Gasteiger charge is 2.43. The fourth-order valence-corrected chi connectivity index (χ4v) is 2.92. The zero-order valence-electron chi connectivity index (χ0n) is 11.4. The highest BCUT2D eigenvalue weighted by Crippen LogP contribution is 2.35. The van der Waals surface area contributed by atoms with Gasteiger partial charge in [-0.25, -0.2) is 0 Å². The second kappa shape index (κ2) is 5.83. The normalized spacial score (nSPS) is 29.2. The summed E-state index contributed by atoms with van der Waals surface area (Å²) in [7, 11) is 2.12. The van der Waals surface area contributed by atoms with Crippen LogP contribution >= 0.6 is 0 Å². The number of nitrogens with zero attached hydrogens (tertiary/aromatic N) is 1. The quantitative estimate of drug-likeness (QED) is 0.727. The second-order valence-corrected chi connectivity index (χ2v) is 5.94. The molecule has 1 aliphatic rings. The Morgan fingerprint density at radius 3 is 2.71 bits per heavy atom. The lowest BCUT2D eigenvalue weighted by Gasteiger charge is -2.29. The molecule has 2 atom stereocenters. The van der Waals surface area contributed by atoms with Crippen molar-refractivity contribution in [3.8, 4) is 0 Å². The van der Waals surface area contributed by atoms with Crippen molar-refractivity contribution in [2.24, 2.45) is 23.3 Å². The maximum atomic E-state index is 11.4. The first-order valence-electron chi connectivity index (χ1n) is 6.63. The molecule has 100 valence electrons. The Morgan fingerprint density at radius 2 is 2.18 bits per heavy atom. The van der Waals surface area contributed by atoms with Crippen molar-refractivity contribution in [1.29, 1.82) is 0 Å². The van der Waals surface area contributed by atoms with Crippen molar-refractivity contribution >= 4 is 5.91 Å². The van der Waals surface area contributed by atoms with E-state index in [0.717, 1.165) is 38.8 Å². The number of hydrogen-bond donors (Lipinski definition) is 2. The molecule has 1 aliphatic carbocycles. The molecule has 1 saturated carbocycles. The molecule has 4 N–H and O–H groups in total. The van der Waals surface area contributed by atoms with E-state index in [0.29, 0.717) is 5.92 Å². The van der Waals surface area contributed by atoms with Gasteiger partial charge in [0.1, 0.15) is 0 Å². The number of amides is 1. The fraction of sp³-hybridized carbons (Fsp3) is 0.923. The zero-order valence-corrected chi connectivity index (χ0v) is 11.4. The molecule has 0 heterocycles. The summed E-state index contributed by atoms with van der Waals surface area (Å²) in [4.78, 5) is 13.7. The minimum absolute atomic E-state index is 0.259. The standard InChI is InChI=1S/C13H27N3O/c1-10(2)9-16(3)8-6-11-5-4-7-13(11,15)12(14)17/h10-11H,4-9,15H2,1-3H3,(H2,14,17). The van der Waals surface area contributed by atoms with Crippen molar-refractivity contribution in [3.63, 3.8) is 0 Å². The molecule has 0 bridgehead atoms. The van der Waals surface area contributed by atoms with Crippen LogP contribution in [0.2, 0.25) is 0 Å². The topological polar surface area (TPSA) is 72.3 Å². The van der Waals surface area contributed by atoms with Crippen LogP contribution in [0.15, 0.2) is 0 Å². The van der Waals surface area contributed by atoms with E-state index >= 15 is 0 Å². The Hall–Kier alpha value is -0.610. The van der Waals surface area contributed by atoms with E-state index in [2.05, 4.69) is 25.8 Å². The molecule has 17 heavy (non-hydrogen) atoms. The summed E-state index contributed by atoms with van der Waals surface area (Å²) < 4.78 is 0. The van der Waals surface area contributed by atoms with E-state index in [1.54, 1.807) is 0 Å². The number of carbonyl (C=O) groups is 1. The first-order valence-corrected chi connectivity index (χ1v) is 6.63. The van der Waals surface area contributed by atoms with Crippen LogP contribution in [0.5, 0.6) is 0 Å². The third-order valence-electron chi connectivity index (χ3n) is 3.87. The molecule has 1 rings (SSSR count). The Balaban J connectivity index is 2.43. The van der Waals surface area contributed by atoms with Crippen LogP contribution in [-0.4, -0.2) is 36.5 Å². The van der Waals surface area contributed by atoms with Gasteiger partial charge in [-0.3, -0.25) is 4.79 Å². The Labute approximate surface area is 105 Å². The first-order chi connectivity index (χ1) is 7.86. The third kappa shape index (κ3) is 3.68. The van der Waals surface area contributed by atoms with E-state index in [4.69, 9.17) is 11.5 Å². The molecule has 0 saturated heterocycles. The van der Waals surface area contributed by atoms with Crippen LogP contribution in [0.25, 0.3) is 0 Å². The summed E-state index contributed by atoms with van der Waals surface area (Å²) in [5.74, 6) is 0.600. The molecular weight excluding hydrogens is 214 g/mol. The molecule has 0 aliphatic heterocycles. The van der Waals surface area contributed by atoms with Gasteiger partial charge in [0.15, 0.2) is 0 Å². The first kappa shape index (κ1) is 14.5. The monoisotopic (exact) mass is 241 g/mol. The van der Waals surface area contributed by atoms with Crippen LogP contribution < -0.4 is 11.5 Å². The van der Waals surface area contributed by atoms with Crippen molar-refractivity contribution in [1.82, 2.24) is 4.90 Å². The van der Waals surface area contributed by atoms with E-state index in [9.17, 15) is 4.79 Å². The average Bonchev–Trinajstić information content (AvgIpc) is 2.57. The third-order valence-corrected chi connectivity index (χ3v) is 3.87. The molecule has 1 fully saturated rings. The van der Waals surface area contributed by atoms with Gasteiger partial charge in [0.05, 0.1) is 5.54 Å². The number of nitrogens with two attached hydrogens (primary N) is 2. The summed E-state index contributed by atoms with van der Waals surface area (Å²) in [5.41, 5.74) is 10.8. The summed E-state index contributed by atoms with van der Waals surface area (Å²) >= 11 is 0.